The molecule has 0 saturated heterocycles. The summed E-state index contributed by atoms with van der Waals surface area (Å²) in [6.07, 6.45) is 5.88. The molecule has 4 rings (SSSR count). The van der Waals surface area contributed by atoms with Gasteiger partial charge in [-0.3, -0.25) is 0 Å². The third-order valence-corrected chi connectivity index (χ3v) is 11.2. The summed E-state index contributed by atoms with van der Waals surface area (Å²) in [5.41, 5.74) is -0.296. The standard InChI is InChI=1S/C27H48O5/c1-15(14-28)6-5-7-16(2)18-8-9-19-25-20(12-24(32)27(18,19)4)26(3)13-23(31)21(29)10-17(26)11-22(25)30/h15-25,28-32H,5-14H2,1-4H3/t15-,16+,17-,18+,19-,20-,21-,22+,23-,24-,25-,26-,27+/m0/s1. The molecule has 4 aliphatic carbocycles. The van der Waals surface area contributed by atoms with Crippen LogP contribution >= 0.6 is 0 Å². The first-order chi connectivity index (χ1) is 15.0. The van der Waals surface area contributed by atoms with Gasteiger partial charge in [-0.05, 0) is 97.2 Å². The van der Waals surface area contributed by atoms with Crippen LogP contribution in [-0.2, 0) is 0 Å². The lowest BCUT2D eigenvalue weighted by molar-refractivity contribution is -0.219. The number of hydrogen-bond donors (Lipinski definition) is 5. The number of aliphatic hydroxyl groups is 5. The van der Waals surface area contributed by atoms with Gasteiger partial charge in [-0.2, -0.15) is 0 Å². The van der Waals surface area contributed by atoms with Crippen molar-refractivity contribution in [1.82, 2.24) is 0 Å². The van der Waals surface area contributed by atoms with E-state index in [1.54, 1.807) is 0 Å². The van der Waals surface area contributed by atoms with Crippen LogP contribution in [0.25, 0.3) is 0 Å². The van der Waals surface area contributed by atoms with Crippen LogP contribution < -0.4 is 0 Å². The fraction of sp³-hybridized carbons (Fsp3) is 1.00. The van der Waals surface area contributed by atoms with Gasteiger partial charge in [-0.25, -0.2) is 0 Å². The van der Waals surface area contributed by atoms with E-state index < -0.39 is 12.2 Å². The number of fused-ring (bicyclic) bond motifs is 5. The molecule has 0 radical (unpaired) electrons. The molecule has 5 heteroatoms. The van der Waals surface area contributed by atoms with E-state index in [-0.39, 0.29) is 47.4 Å². The van der Waals surface area contributed by atoms with Crippen LogP contribution in [0, 0.1) is 52.3 Å². The fourth-order valence-corrected chi connectivity index (χ4v) is 9.25. The van der Waals surface area contributed by atoms with Crippen LogP contribution in [0.5, 0.6) is 0 Å². The van der Waals surface area contributed by atoms with Crippen LogP contribution in [0.3, 0.4) is 0 Å². The molecule has 0 aromatic carbocycles. The minimum absolute atomic E-state index is 0.130. The van der Waals surface area contributed by atoms with E-state index in [1.807, 2.05) is 0 Å². The van der Waals surface area contributed by atoms with E-state index in [9.17, 15) is 25.5 Å². The molecular formula is C27H48O5. The van der Waals surface area contributed by atoms with E-state index in [2.05, 4.69) is 27.7 Å². The van der Waals surface area contributed by atoms with E-state index in [0.717, 1.165) is 32.1 Å². The van der Waals surface area contributed by atoms with Gasteiger partial charge in [0.1, 0.15) is 0 Å². The molecule has 4 aliphatic rings. The van der Waals surface area contributed by atoms with Crippen LogP contribution in [0.4, 0.5) is 0 Å². The summed E-state index contributed by atoms with van der Waals surface area (Å²) in [6.45, 7) is 9.24. The zero-order valence-corrected chi connectivity index (χ0v) is 20.7. The second-order valence-electron chi connectivity index (χ2n) is 12.9. The molecule has 0 heterocycles. The smallest absolute Gasteiger partial charge is 0.0804 e. The lowest BCUT2D eigenvalue weighted by Crippen LogP contribution is -2.63. The fourth-order valence-electron chi connectivity index (χ4n) is 9.25. The van der Waals surface area contributed by atoms with Crippen molar-refractivity contribution in [3.63, 3.8) is 0 Å². The largest absolute Gasteiger partial charge is 0.396 e. The Hall–Kier alpha value is -0.200. The van der Waals surface area contributed by atoms with Crippen molar-refractivity contribution >= 4 is 0 Å². The van der Waals surface area contributed by atoms with Crippen molar-refractivity contribution in [2.75, 3.05) is 6.61 Å². The maximum absolute atomic E-state index is 11.6. The lowest BCUT2D eigenvalue weighted by atomic mass is 9.43. The summed E-state index contributed by atoms with van der Waals surface area (Å²) < 4.78 is 0. The first-order valence-electron chi connectivity index (χ1n) is 13.4. The Morgan fingerprint density at radius 1 is 0.844 bits per heavy atom. The number of aliphatic hydroxyl groups excluding tert-OH is 5. The molecule has 0 bridgehead atoms. The molecule has 0 spiro atoms. The molecule has 0 unspecified atom stereocenters. The minimum atomic E-state index is -0.699. The van der Waals surface area contributed by atoms with Gasteiger partial charge in [0.05, 0.1) is 24.4 Å². The maximum Gasteiger partial charge on any atom is 0.0804 e. The van der Waals surface area contributed by atoms with Gasteiger partial charge in [0, 0.05) is 6.61 Å². The van der Waals surface area contributed by atoms with Gasteiger partial charge in [0.2, 0.25) is 0 Å². The monoisotopic (exact) mass is 452 g/mol. The predicted octanol–water partition coefficient (Wildman–Crippen LogP) is 3.35. The summed E-state index contributed by atoms with van der Waals surface area (Å²) >= 11 is 0. The maximum atomic E-state index is 11.6. The van der Waals surface area contributed by atoms with Crippen molar-refractivity contribution in [3.8, 4) is 0 Å². The quantitative estimate of drug-likeness (QED) is 0.425. The van der Waals surface area contributed by atoms with Crippen molar-refractivity contribution in [2.24, 2.45) is 52.3 Å². The van der Waals surface area contributed by atoms with Crippen LogP contribution in [0.1, 0.15) is 85.5 Å². The molecule has 0 aliphatic heterocycles. The van der Waals surface area contributed by atoms with Crippen LogP contribution in [-0.4, -0.2) is 56.6 Å². The molecule has 0 aromatic rings. The van der Waals surface area contributed by atoms with E-state index >= 15 is 0 Å². The first-order valence-corrected chi connectivity index (χ1v) is 13.4. The summed E-state index contributed by atoms with van der Waals surface area (Å²) in [7, 11) is 0. The molecule has 4 saturated carbocycles. The summed E-state index contributed by atoms with van der Waals surface area (Å²) in [5.74, 6) is 2.24. The molecular weight excluding hydrogens is 404 g/mol. The van der Waals surface area contributed by atoms with Gasteiger partial charge in [-0.1, -0.05) is 40.5 Å². The summed E-state index contributed by atoms with van der Waals surface area (Å²) in [6, 6.07) is 0. The Kier molecular flexibility index (Phi) is 7.09. The first kappa shape index (κ1) is 24.9. The van der Waals surface area contributed by atoms with Crippen molar-refractivity contribution in [2.45, 2.75) is 110 Å². The average molecular weight is 453 g/mol. The second kappa shape index (κ2) is 9.11. The summed E-state index contributed by atoms with van der Waals surface area (Å²) in [5, 5.41) is 53.1. The molecule has 5 nitrogen and oxygen atoms in total. The molecule has 4 fully saturated rings. The predicted molar refractivity (Wildman–Crippen MR) is 125 cm³/mol. The van der Waals surface area contributed by atoms with Gasteiger partial charge >= 0.3 is 0 Å². The summed E-state index contributed by atoms with van der Waals surface area (Å²) in [4.78, 5) is 0. The lowest BCUT2D eigenvalue weighted by Gasteiger charge is -2.64. The SMILES string of the molecule is C[C@H](CO)CCC[C@@H](C)[C@H]1CC[C@H]2[C@@H]3[C@H](O)C[C@@H]4C[C@H](O)[C@@H](O)C[C@]4(C)[C@H]3C[C@H](O)[C@]12C. The van der Waals surface area contributed by atoms with Crippen molar-refractivity contribution in [1.29, 1.82) is 0 Å². The van der Waals surface area contributed by atoms with Gasteiger partial charge < -0.3 is 25.5 Å². The zero-order chi connectivity index (χ0) is 23.4. The van der Waals surface area contributed by atoms with Crippen LogP contribution in [0.2, 0.25) is 0 Å². The Morgan fingerprint density at radius 2 is 1.53 bits per heavy atom. The number of hydrogen-bond acceptors (Lipinski definition) is 5. The Morgan fingerprint density at radius 3 is 2.22 bits per heavy atom. The van der Waals surface area contributed by atoms with Crippen molar-refractivity contribution in [3.05, 3.63) is 0 Å². The molecule has 13 atom stereocenters. The van der Waals surface area contributed by atoms with E-state index in [0.29, 0.717) is 49.4 Å². The molecule has 186 valence electrons. The molecule has 0 aromatic heterocycles. The topological polar surface area (TPSA) is 101 Å². The Balaban J connectivity index is 1.54. The average Bonchev–Trinajstić information content (AvgIpc) is 3.09. The normalized spacial score (nSPS) is 52.6. The van der Waals surface area contributed by atoms with Crippen LogP contribution in [0.15, 0.2) is 0 Å². The molecule has 32 heavy (non-hydrogen) atoms. The third kappa shape index (κ3) is 3.88. The van der Waals surface area contributed by atoms with Gasteiger partial charge in [-0.15, -0.1) is 0 Å². The third-order valence-electron chi connectivity index (χ3n) is 11.2. The molecule has 5 N–H and O–H groups in total. The van der Waals surface area contributed by atoms with E-state index in [1.165, 1.54) is 0 Å². The second-order valence-corrected chi connectivity index (χ2v) is 12.9. The minimum Gasteiger partial charge on any atom is -0.396 e. The Bertz CT molecular complexity index is 656. The molecule has 0 amide bonds. The zero-order valence-electron chi connectivity index (χ0n) is 20.7. The number of rotatable bonds is 6. The Labute approximate surface area is 194 Å². The van der Waals surface area contributed by atoms with E-state index in [4.69, 9.17) is 0 Å². The van der Waals surface area contributed by atoms with Crippen molar-refractivity contribution < 1.29 is 25.5 Å². The van der Waals surface area contributed by atoms with Gasteiger partial charge in [0.25, 0.3) is 0 Å². The highest BCUT2D eigenvalue weighted by Gasteiger charge is 2.66. The highest BCUT2D eigenvalue weighted by Crippen LogP contribution is 2.68. The van der Waals surface area contributed by atoms with Gasteiger partial charge in [0.15, 0.2) is 0 Å². The highest BCUT2D eigenvalue weighted by atomic mass is 16.3. The highest BCUT2D eigenvalue weighted by molar-refractivity contribution is 5.15.